The van der Waals surface area contributed by atoms with Crippen molar-refractivity contribution in [3.8, 4) is 0 Å². The van der Waals surface area contributed by atoms with Crippen LogP contribution in [0.1, 0.15) is 106 Å². The Hall–Kier alpha value is -3.12. The zero-order chi connectivity index (χ0) is 25.4. The van der Waals surface area contributed by atoms with Crippen LogP contribution in [0.2, 0.25) is 0 Å². The molecule has 12 heteroatoms. The third-order valence-corrected chi connectivity index (χ3v) is 7.55. The summed E-state index contributed by atoms with van der Waals surface area (Å²) >= 11 is 2.62. The lowest BCUT2D eigenvalue weighted by Crippen LogP contribution is -2.34. The molecule has 35 heavy (non-hydrogen) atoms. The van der Waals surface area contributed by atoms with Crippen LogP contribution < -0.4 is 16.0 Å². The summed E-state index contributed by atoms with van der Waals surface area (Å²) in [4.78, 5) is 52.4. The van der Waals surface area contributed by atoms with E-state index in [-0.39, 0.29) is 40.7 Å². The summed E-state index contributed by atoms with van der Waals surface area (Å²) in [6, 6.07) is -1.41. The number of carbonyl (C=O) groups is 3. The highest BCUT2D eigenvalue weighted by atomic mass is 32.1. The summed E-state index contributed by atoms with van der Waals surface area (Å²) in [6.07, 6.45) is 0. The molecule has 3 N–H and O–H groups in total. The Balaban J connectivity index is 1.77. The number of aromatic nitrogens is 3. The van der Waals surface area contributed by atoms with Crippen LogP contribution in [0.4, 0.5) is 0 Å². The number of carbonyl (C=O) groups excluding carboxylic acids is 3. The Morgan fingerprint density at radius 3 is 1.80 bits per heavy atom. The van der Waals surface area contributed by atoms with E-state index in [1.807, 2.05) is 27.7 Å². The second-order valence-electron chi connectivity index (χ2n) is 9.18. The molecule has 6 bridgehead atoms. The second-order valence-corrected chi connectivity index (χ2v) is 11.0. The van der Waals surface area contributed by atoms with E-state index in [0.29, 0.717) is 15.8 Å². The van der Waals surface area contributed by atoms with E-state index in [1.54, 1.807) is 24.6 Å². The third-order valence-electron chi connectivity index (χ3n) is 5.69. The monoisotopic (exact) mass is 516 g/mol. The van der Waals surface area contributed by atoms with Crippen LogP contribution in [-0.4, -0.2) is 32.7 Å². The molecule has 0 fully saturated rings. The highest BCUT2D eigenvalue weighted by molar-refractivity contribution is 7.10. The number of rotatable bonds is 2. The molecule has 0 saturated carbocycles. The van der Waals surface area contributed by atoms with Gasteiger partial charge in [0.25, 0.3) is 17.7 Å². The Morgan fingerprint density at radius 2 is 1.29 bits per heavy atom. The lowest BCUT2D eigenvalue weighted by molar-refractivity contribution is 0.0916. The van der Waals surface area contributed by atoms with Gasteiger partial charge < -0.3 is 20.4 Å². The first-order valence-electron chi connectivity index (χ1n) is 11.4. The first-order valence-corrected chi connectivity index (χ1v) is 13.1. The van der Waals surface area contributed by atoms with E-state index >= 15 is 0 Å². The molecule has 3 atom stereocenters. The molecule has 0 spiro atoms. The minimum atomic E-state index is -0.588. The van der Waals surface area contributed by atoms with Gasteiger partial charge in [0.15, 0.2) is 5.69 Å². The third kappa shape index (κ3) is 5.13. The molecule has 4 heterocycles. The van der Waals surface area contributed by atoms with Gasteiger partial charge in [-0.2, -0.15) is 0 Å². The topological polar surface area (TPSA) is 139 Å². The zero-order valence-electron chi connectivity index (χ0n) is 20.3. The molecule has 0 aliphatic carbocycles. The summed E-state index contributed by atoms with van der Waals surface area (Å²) in [5.41, 5.74) is 0.632. The van der Waals surface area contributed by atoms with Crippen molar-refractivity contribution < 1.29 is 18.8 Å². The molecule has 3 amide bonds. The number of hydrogen-bond acceptors (Lipinski definition) is 9. The van der Waals surface area contributed by atoms with Gasteiger partial charge in [-0.05, 0) is 25.7 Å². The van der Waals surface area contributed by atoms with Gasteiger partial charge in [-0.15, -0.1) is 22.7 Å². The van der Waals surface area contributed by atoms with Gasteiger partial charge in [-0.3, -0.25) is 14.4 Å². The number of aryl methyl sites for hydroxylation is 1. The number of nitrogens with zero attached hydrogens (tertiary/aromatic N) is 3. The second kappa shape index (κ2) is 9.86. The van der Waals surface area contributed by atoms with Gasteiger partial charge in [0.1, 0.15) is 33.2 Å². The predicted molar refractivity (Wildman–Crippen MR) is 131 cm³/mol. The summed E-state index contributed by atoms with van der Waals surface area (Å²) in [7, 11) is 0. The highest BCUT2D eigenvalue weighted by Gasteiger charge is 2.30. The van der Waals surface area contributed by atoms with Crippen molar-refractivity contribution in [3.05, 3.63) is 49.5 Å². The number of oxazole rings is 1. The average Bonchev–Trinajstić information content (AvgIpc) is 3.54. The molecule has 186 valence electrons. The molecule has 3 aromatic heterocycles. The van der Waals surface area contributed by atoms with E-state index in [0.717, 1.165) is 0 Å². The maximum Gasteiger partial charge on any atom is 0.274 e. The van der Waals surface area contributed by atoms with Crippen LogP contribution in [0.15, 0.2) is 15.2 Å². The maximum atomic E-state index is 13.1. The summed E-state index contributed by atoms with van der Waals surface area (Å²) in [5.74, 6) is -0.556. The van der Waals surface area contributed by atoms with Gasteiger partial charge >= 0.3 is 0 Å². The Morgan fingerprint density at radius 1 is 0.800 bits per heavy atom. The van der Waals surface area contributed by atoms with Gasteiger partial charge in [0.05, 0.1) is 12.1 Å². The molecular weight excluding hydrogens is 488 g/mol. The molecule has 1 aliphatic heterocycles. The number of amides is 3. The van der Waals surface area contributed by atoms with Gasteiger partial charge in [0, 0.05) is 10.8 Å². The summed E-state index contributed by atoms with van der Waals surface area (Å²) in [6.45, 7) is 11.2. The first kappa shape index (κ1) is 25.0. The number of thiazole rings is 2. The van der Waals surface area contributed by atoms with Gasteiger partial charge in [0.2, 0.25) is 5.89 Å². The van der Waals surface area contributed by atoms with Crippen LogP contribution in [0.3, 0.4) is 0 Å². The van der Waals surface area contributed by atoms with Gasteiger partial charge in [-0.25, -0.2) is 15.0 Å². The molecule has 0 radical (unpaired) electrons. The van der Waals surface area contributed by atoms with E-state index in [1.165, 1.54) is 22.7 Å². The Bertz CT molecular complexity index is 1260. The van der Waals surface area contributed by atoms with Gasteiger partial charge in [-0.1, -0.05) is 27.7 Å². The molecule has 10 nitrogen and oxygen atoms in total. The summed E-state index contributed by atoms with van der Waals surface area (Å²) in [5, 5.41) is 13.4. The van der Waals surface area contributed by atoms with Crippen molar-refractivity contribution >= 4 is 40.4 Å². The molecule has 0 aromatic carbocycles. The van der Waals surface area contributed by atoms with Crippen LogP contribution in [0.25, 0.3) is 0 Å². The van der Waals surface area contributed by atoms with Crippen molar-refractivity contribution in [2.45, 2.75) is 59.7 Å². The number of nitrogens with one attached hydrogen (secondary N) is 3. The fourth-order valence-electron chi connectivity index (χ4n) is 3.67. The average molecular weight is 517 g/mol. The quantitative estimate of drug-likeness (QED) is 0.468. The van der Waals surface area contributed by atoms with Crippen LogP contribution >= 0.6 is 22.7 Å². The molecule has 4 rings (SSSR count). The highest BCUT2D eigenvalue weighted by Crippen LogP contribution is 2.29. The largest absolute Gasteiger partial charge is 0.443 e. The van der Waals surface area contributed by atoms with Crippen molar-refractivity contribution in [3.63, 3.8) is 0 Å². The van der Waals surface area contributed by atoms with E-state index in [4.69, 9.17) is 4.42 Å². The van der Waals surface area contributed by atoms with Crippen LogP contribution in [-0.2, 0) is 0 Å². The fraction of sp³-hybridized carbons (Fsp3) is 0.478. The first-order chi connectivity index (χ1) is 16.5. The molecule has 0 saturated heterocycles. The minimum absolute atomic E-state index is 0.00801. The van der Waals surface area contributed by atoms with E-state index < -0.39 is 29.9 Å². The van der Waals surface area contributed by atoms with Crippen molar-refractivity contribution in [2.24, 2.45) is 11.8 Å². The Kier molecular flexibility index (Phi) is 7.04. The van der Waals surface area contributed by atoms with Crippen molar-refractivity contribution in [2.75, 3.05) is 0 Å². The van der Waals surface area contributed by atoms with Crippen molar-refractivity contribution in [1.29, 1.82) is 0 Å². The van der Waals surface area contributed by atoms with E-state index in [9.17, 15) is 14.4 Å². The van der Waals surface area contributed by atoms with E-state index in [2.05, 4.69) is 30.9 Å². The van der Waals surface area contributed by atoms with Crippen LogP contribution in [0.5, 0.6) is 0 Å². The lowest BCUT2D eigenvalue weighted by Gasteiger charge is -2.20. The van der Waals surface area contributed by atoms with Crippen LogP contribution in [0, 0.1) is 18.8 Å². The maximum absolute atomic E-state index is 13.1. The molecule has 0 unspecified atom stereocenters. The molecular formula is C23H28N6O4S2. The predicted octanol–water partition coefficient (Wildman–Crippen LogP) is 3.95. The minimum Gasteiger partial charge on any atom is -0.443 e. The number of fused-ring (bicyclic) bond motifs is 6. The zero-order valence-corrected chi connectivity index (χ0v) is 22.0. The SMILES string of the molecule is Cc1oc2nc1C(=O)N[C@H](C(C)C)c1nc(cs1)C(=O)N[C@H](C(C)C)c1nc(cs1)C(=O)N[C@H]2C. The summed E-state index contributed by atoms with van der Waals surface area (Å²) < 4.78 is 5.71. The smallest absolute Gasteiger partial charge is 0.274 e. The lowest BCUT2D eigenvalue weighted by atomic mass is 10.0. The normalized spacial score (nSPS) is 21.4. The fourth-order valence-corrected chi connectivity index (χ4v) is 5.71. The molecule has 3 aromatic rings. The molecule has 1 aliphatic rings. The number of hydrogen-bond donors (Lipinski definition) is 3. The van der Waals surface area contributed by atoms with Crippen molar-refractivity contribution in [1.82, 2.24) is 30.9 Å². The standard InChI is InChI=1S/C23H28N6O4S2/c1-9(2)15-22-25-13(7-34-22)18(30)24-11(5)21-29-17(12(6)33-21)20(32)28-16(10(3)4)23-26-14(8-35-23)19(31)27-15/h7-11,15-16H,1-6H3,(H,24,30)(H,27,31)(H,28,32)/t11-,15+,16+/m0/s1. The Labute approximate surface area is 211 Å².